The first-order valence-electron chi connectivity index (χ1n) is 6.54. The molecular weight excluding hydrogens is 316 g/mol. The van der Waals surface area contributed by atoms with Gasteiger partial charge in [-0.2, -0.15) is 0 Å². The van der Waals surface area contributed by atoms with E-state index in [9.17, 15) is 13.2 Å². The molecular formula is C11H20N4O4S2. The molecule has 2 N–H and O–H groups in total. The van der Waals surface area contributed by atoms with Crippen molar-refractivity contribution in [1.29, 1.82) is 0 Å². The fourth-order valence-corrected chi connectivity index (χ4v) is 2.90. The molecule has 0 aromatic carbocycles. The molecule has 21 heavy (non-hydrogen) atoms. The van der Waals surface area contributed by atoms with Gasteiger partial charge in [0.1, 0.15) is 5.82 Å². The van der Waals surface area contributed by atoms with Crippen molar-refractivity contribution in [1.82, 2.24) is 19.5 Å². The van der Waals surface area contributed by atoms with Gasteiger partial charge in [0.2, 0.25) is 10.0 Å². The van der Waals surface area contributed by atoms with E-state index in [0.717, 1.165) is 36.7 Å². The van der Waals surface area contributed by atoms with Crippen LogP contribution in [0, 0.1) is 0 Å². The summed E-state index contributed by atoms with van der Waals surface area (Å²) < 4.78 is 26.3. The number of nitrogens with one attached hydrogen (secondary N) is 1. The largest absolute Gasteiger partial charge is 0.481 e. The molecule has 1 aromatic heterocycles. The Morgan fingerprint density at radius 2 is 2.14 bits per heavy atom. The first kappa shape index (κ1) is 17.9. The van der Waals surface area contributed by atoms with Crippen LogP contribution in [0.2, 0.25) is 0 Å². The van der Waals surface area contributed by atoms with Gasteiger partial charge in [-0.15, -0.1) is 10.2 Å². The van der Waals surface area contributed by atoms with Gasteiger partial charge in [-0.3, -0.25) is 4.79 Å². The summed E-state index contributed by atoms with van der Waals surface area (Å²) in [6.07, 6.45) is 3.36. The minimum absolute atomic E-state index is 0.0775. The van der Waals surface area contributed by atoms with Crippen LogP contribution in [0.15, 0.2) is 5.16 Å². The van der Waals surface area contributed by atoms with Gasteiger partial charge in [0.15, 0.2) is 5.16 Å². The Morgan fingerprint density at radius 3 is 2.71 bits per heavy atom. The van der Waals surface area contributed by atoms with Gasteiger partial charge in [-0.25, -0.2) is 13.1 Å². The number of sulfonamides is 1. The maximum Gasteiger partial charge on any atom is 0.313 e. The molecule has 0 aliphatic heterocycles. The molecule has 1 aromatic rings. The second kappa shape index (κ2) is 8.35. The molecule has 0 amide bonds. The number of thioether (sulfide) groups is 1. The number of carboxylic acids is 1. The third-order valence-corrected chi connectivity index (χ3v) is 4.19. The maximum absolute atomic E-state index is 11.0. The third kappa shape index (κ3) is 6.91. The van der Waals surface area contributed by atoms with Crippen molar-refractivity contribution in [2.45, 2.75) is 37.9 Å². The van der Waals surface area contributed by atoms with E-state index in [4.69, 9.17) is 5.11 Å². The molecule has 0 radical (unpaired) electrons. The Morgan fingerprint density at radius 1 is 1.43 bits per heavy atom. The summed E-state index contributed by atoms with van der Waals surface area (Å²) in [5.74, 6) is -0.193. The van der Waals surface area contributed by atoms with Crippen LogP contribution < -0.4 is 4.72 Å². The minimum Gasteiger partial charge on any atom is -0.481 e. The van der Waals surface area contributed by atoms with Crippen molar-refractivity contribution in [3.8, 4) is 0 Å². The molecule has 1 heterocycles. The standard InChI is InChI=1S/C11H20N4O4S2/c1-3-5-9-13-14-11(20-8-10(16)17)15(9)7-4-6-12-21(2,18)19/h12H,3-8H2,1-2H3,(H,16,17). The normalized spacial score (nSPS) is 11.7. The minimum atomic E-state index is -3.19. The lowest BCUT2D eigenvalue weighted by Crippen LogP contribution is -2.24. The van der Waals surface area contributed by atoms with E-state index in [-0.39, 0.29) is 5.75 Å². The number of hydrogen-bond donors (Lipinski definition) is 2. The second-order valence-electron chi connectivity index (χ2n) is 4.50. The number of hydrogen-bond acceptors (Lipinski definition) is 6. The molecule has 8 nitrogen and oxygen atoms in total. The Labute approximate surface area is 128 Å². The average molecular weight is 336 g/mol. The van der Waals surface area contributed by atoms with Crippen LogP contribution in [0.5, 0.6) is 0 Å². The van der Waals surface area contributed by atoms with Crippen molar-refractivity contribution in [2.75, 3.05) is 18.6 Å². The molecule has 0 bridgehead atoms. The molecule has 0 saturated heterocycles. The number of aromatic nitrogens is 3. The molecule has 0 aliphatic carbocycles. The summed E-state index contributed by atoms with van der Waals surface area (Å²) in [6.45, 7) is 2.90. The molecule has 0 saturated carbocycles. The topological polar surface area (TPSA) is 114 Å². The van der Waals surface area contributed by atoms with Crippen molar-refractivity contribution < 1.29 is 18.3 Å². The van der Waals surface area contributed by atoms with Crippen LogP contribution >= 0.6 is 11.8 Å². The number of rotatable bonds is 10. The average Bonchev–Trinajstić information content (AvgIpc) is 2.74. The number of nitrogens with zero attached hydrogens (tertiary/aromatic N) is 3. The zero-order valence-electron chi connectivity index (χ0n) is 12.1. The summed E-state index contributed by atoms with van der Waals surface area (Å²) in [5.41, 5.74) is 0. The predicted molar refractivity (Wildman–Crippen MR) is 79.8 cm³/mol. The first-order valence-corrected chi connectivity index (χ1v) is 9.42. The van der Waals surface area contributed by atoms with Gasteiger partial charge in [0, 0.05) is 19.5 Å². The van der Waals surface area contributed by atoms with Crippen LogP contribution in [0.3, 0.4) is 0 Å². The van der Waals surface area contributed by atoms with E-state index in [2.05, 4.69) is 14.9 Å². The highest BCUT2D eigenvalue weighted by Crippen LogP contribution is 2.18. The van der Waals surface area contributed by atoms with Crippen LogP contribution in [0.1, 0.15) is 25.6 Å². The quantitative estimate of drug-likeness (QED) is 0.468. The fourth-order valence-electron chi connectivity index (χ4n) is 1.68. The zero-order chi connectivity index (χ0) is 15.9. The Balaban J connectivity index is 2.66. The lowest BCUT2D eigenvalue weighted by atomic mass is 10.3. The Kier molecular flexibility index (Phi) is 7.12. The summed E-state index contributed by atoms with van der Waals surface area (Å²) >= 11 is 1.12. The van der Waals surface area contributed by atoms with Crippen LogP contribution in [-0.2, 0) is 27.8 Å². The number of carboxylic acid groups (broad SMARTS) is 1. The van der Waals surface area contributed by atoms with Crippen molar-refractivity contribution in [3.05, 3.63) is 5.82 Å². The van der Waals surface area contributed by atoms with Gasteiger partial charge in [-0.05, 0) is 12.8 Å². The highest BCUT2D eigenvalue weighted by molar-refractivity contribution is 7.99. The SMILES string of the molecule is CCCc1nnc(SCC(=O)O)n1CCCNS(C)(=O)=O. The third-order valence-electron chi connectivity index (χ3n) is 2.51. The van der Waals surface area contributed by atoms with E-state index in [1.54, 1.807) is 0 Å². The van der Waals surface area contributed by atoms with Crippen LogP contribution in [0.4, 0.5) is 0 Å². The van der Waals surface area contributed by atoms with Gasteiger partial charge in [0.25, 0.3) is 0 Å². The van der Waals surface area contributed by atoms with Gasteiger partial charge in [0.05, 0.1) is 12.0 Å². The van der Waals surface area contributed by atoms with Gasteiger partial charge in [-0.1, -0.05) is 18.7 Å². The van der Waals surface area contributed by atoms with E-state index in [1.165, 1.54) is 0 Å². The highest BCUT2D eigenvalue weighted by Gasteiger charge is 2.13. The molecule has 0 fully saturated rings. The lowest BCUT2D eigenvalue weighted by molar-refractivity contribution is -0.133. The Bertz CT molecular complexity index is 571. The second-order valence-corrected chi connectivity index (χ2v) is 7.28. The molecule has 0 spiro atoms. The smallest absolute Gasteiger partial charge is 0.313 e. The maximum atomic E-state index is 11.0. The van der Waals surface area contributed by atoms with Crippen molar-refractivity contribution >= 4 is 27.8 Å². The molecule has 1 rings (SSSR count). The summed E-state index contributed by atoms with van der Waals surface area (Å²) in [6, 6.07) is 0. The first-order chi connectivity index (χ1) is 9.83. The summed E-state index contributed by atoms with van der Waals surface area (Å²) in [4.78, 5) is 10.6. The highest BCUT2D eigenvalue weighted by atomic mass is 32.2. The number of carbonyl (C=O) groups is 1. The molecule has 0 unspecified atom stereocenters. The van der Waals surface area contributed by atoms with E-state index in [0.29, 0.717) is 24.7 Å². The molecule has 0 atom stereocenters. The van der Waals surface area contributed by atoms with Gasteiger partial charge >= 0.3 is 5.97 Å². The molecule has 10 heteroatoms. The monoisotopic (exact) mass is 336 g/mol. The predicted octanol–water partition coefficient (Wildman–Crippen LogP) is 0.347. The van der Waals surface area contributed by atoms with Gasteiger partial charge < -0.3 is 9.67 Å². The van der Waals surface area contributed by atoms with Crippen LogP contribution in [-0.4, -0.2) is 52.8 Å². The molecule has 0 aliphatic rings. The van der Waals surface area contributed by atoms with Crippen LogP contribution in [0.25, 0.3) is 0 Å². The van der Waals surface area contributed by atoms with E-state index in [1.807, 2.05) is 11.5 Å². The Hall–Kier alpha value is -1.13. The van der Waals surface area contributed by atoms with E-state index >= 15 is 0 Å². The zero-order valence-corrected chi connectivity index (χ0v) is 13.7. The number of aryl methyl sites for hydroxylation is 1. The van der Waals surface area contributed by atoms with E-state index < -0.39 is 16.0 Å². The number of aliphatic carboxylic acids is 1. The lowest BCUT2D eigenvalue weighted by Gasteiger charge is -2.09. The summed E-state index contributed by atoms with van der Waals surface area (Å²) in [5, 5.41) is 17.4. The molecule has 120 valence electrons. The summed E-state index contributed by atoms with van der Waals surface area (Å²) in [7, 11) is -3.19. The fraction of sp³-hybridized carbons (Fsp3) is 0.727. The van der Waals surface area contributed by atoms with Crippen molar-refractivity contribution in [3.63, 3.8) is 0 Å². The van der Waals surface area contributed by atoms with Crippen molar-refractivity contribution in [2.24, 2.45) is 0 Å².